The molecule has 3 aromatic rings. The minimum absolute atomic E-state index is 0.0665. The van der Waals surface area contributed by atoms with E-state index in [9.17, 15) is 16.8 Å². The molecule has 0 aliphatic carbocycles. The average molecular weight is 390 g/mol. The predicted molar refractivity (Wildman–Crippen MR) is 103 cm³/mol. The number of benzene rings is 3. The zero-order valence-corrected chi connectivity index (χ0v) is 15.6. The molecule has 0 saturated heterocycles. The van der Waals surface area contributed by atoms with E-state index in [0.717, 1.165) is 22.6 Å². The monoisotopic (exact) mass is 390 g/mol. The molecule has 0 unspecified atom stereocenters. The third kappa shape index (κ3) is 4.40. The molecule has 0 fully saturated rings. The van der Waals surface area contributed by atoms with Crippen LogP contribution < -0.4 is 9.44 Å². The van der Waals surface area contributed by atoms with Gasteiger partial charge in [-0.15, -0.1) is 0 Å². The van der Waals surface area contributed by atoms with Crippen LogP contribution in [0.1, 0.15) is 5.56 Å². The van der Waals surface area contributed by atoms with E-state index in [-0.39, 0.29) is 11.4 Å². The van der Waals surface area contributed by atoms with Gasteiger partial charge in [-0.2, -0.15) is 0 Å². The molecule has 26 heavy (non-hydrogen) atoms. The first-order chi connectivity index (χ1) is 12.2. The molecule has 3 aromatic carbocycles. The molecule has 3 rings (SSSR count). The smallest absolute Gasteiger partial charge is 0.240 e. The number of hydrogen-bond acceptors (Lipinski definition) is 4. The summed E-state index contributed by atoms with van der Waals surface area (Å²) in [5, 5.41) is 2.03. The molecule has 0 bridgehead atoms. The van der Waals surface area contributed by atoms with Gasteiger partial charge >= 0.3 is 0 Å². The van der Waals surface area contributed by atoms with Crippen molar-refractivity contribution in [2.24, 2.45) is 0 Å². The molecular weight excluding hydrogens is 372 g/mol. The summed E-state index contributed by atoms with van der Waals surface area (Å²) in [5.74, 6) is 0. The van der Waals surface area contributed by atoms with Gasteiger partial charge in [-0.05, 0) is 40.6 Å². The maximum Gasteiger partial charge on any atom is 0.240 e. The lowest BCUT2D eigenvalue weighted by molar-refractivity contribution is 0.581. The fourth-order valence-corrected chi connectivity index (χ4v) is 4.19. The van der Waals surface area contributed by atoms with Gasteiger partial charge in [-0.3, -0.25) is 4.72 Å². The summed E-state index contributed by atoms with van der Waals surface area (Å²) in [7, 11) is -7.12. The van der Waals surface area contributed by atoms with Gasteiger partial charge in [0.25, 0.3) is 0 Å². The van der Waals surface area contributed by atoms with Gasteiger partial charge in [0.05, 0.1) is 11.2 Å². The first kappa shape index (κ1) is 18.4. The number of rotatable bonds is 6. The van der Waals surface area contributed by atoms with Crippen LogP contribution in [0.15, 0.2) is 71.6 Å². The molecule has 2 N–H and O–H groups in total. The van der Waals surface area contributed by atoms with Crippen molar-refractivity contribution in [3.8, 4) is 0 Å². The largest absolute Gasteiger partial charge is 0.284 e. The van der Waals surface area contributed by atoms with Crippen molar-refractivity contribution < 1.29 is 16.8 Å². The van der Waals surface area contributed by atoms with Crippen LogP contribution in [0.3, 0.4) is 0 Å². The lowest BCUT2D eigenvalue weighted by Gasteiger charge is -2.10. The van der Waals surface area contributed by atoms with Crippen molar-refractivity contribution in [2.45, 2.75) is 11.4 Å². The number of nitrogens with one attached hydrogen (secondary N) is 2. The highest BCUT2D eigenvalue weighted by molar-refractivity contribution is 7.92. The normalized spacial score (nSPS) is 12.2. The fraction of sp³-hybridized carbons (Fsp3) is 0.111. The summed E-state index contributed by atoms with van der Waals surface area (Å²) in [6.07, 6.45) is 1.03. The lowest BCUT2D eigenvalue weighted by Crippen LogP contribution is -2.23. The zero-order chi connectivity index (χ0) is 18.8. The van der Waals surface area contributed by atoms with Gasteiger partial charge in [0, 0.05) is 12.2 Å². The second-order valence-corrected chi connectivity index (χ2v) is 9.38. The third-order valence-electron chi connectivity index (χ3n) is 3.80. The SMILES string of the molecule is CS(=O)(=O)Nc1ccc(S(=O)(=O)NCc2cccc3ccccc23)cc1. The molecule has 0 aliphatic rings. The summed E-state index contributed by atoms with van der Waals surface area (Å²) in [5.41, 5.74) is 1.18. The third-order valence-corrected chi connectivity index (χ3v) is 5.82. The van der Waals surface area contributed by atoms with E-state index in [2.05, 4.69) is 9.44 Å². The summed E-state index contributed by atoms with van der Waals surface area (Å²) in [4.78, 5) is 0.0665. The van der Waals surface area contributed by atoms with E-state index in [0.29, 0.717) is 5.69 Å². The van der Waals surface area contributed by atoms with Gasteiger partial charge in [-0.25, -0.2) is 21.6 Å². The summed E-state index contributed by atoms with van der Waals surface area (Å²) < 4.78 is 52.3. The summed E-state index contributed by atoms with van der Waals surface area (Å²) in [6.45, 7) is 0.160. The fourth-order valence-electron chi connectivity index (χ4n) is 2.62. The van der Waals surface area contributed by atoms with E-state index in [1.807, 2.05) is 42.5 Å². The Morgan fingerprint density at radius 3 is 2.15 bits per heavy atom. The molecule has 0 aromatic heterocycles. The number of fused-ring (bicyclic) bond motifs is 1. The van der Waals surface area contributed by atoms with Gasteiger partial charge in [0.1, 0.15) is 0 Å². The summed E-state index contributed by atoms with van der Waals surface area (Å²) in [6, 6.07) is 19.0. The molecule has 0 spiro atoms. The van der Waals surface area contributed by atoms with Crippen LogP contribution in [0.4, 0.5) is 5.69 Å². The first-order valence-corrected chi connectivity index (χ1v) is 11.2. The van der Waals surface area contributed by atoms with Gasteiger partial charge in [0.2, 0.25) is 20.0 Å². The van der Waals surface area contributed by atoms with Gasteiger partial charge in [0.15, 0.2) is 0 Å². The highest BCUT2D eigenvalue weighted by Gasteiger charge is 2.14. The Kier molecular flexibility index (Phi) is 4.99. The number of anilines is 1. The van der Waals surface area contributed by atoms with Crippen molar-refractivity contribution in [1.82, 2.24) is 4.72 Å². The van der Waals surface area contributed by atoms with Crippen molar-refractivity contribution in [2.75, 3.05) is 11.0 Å². The van der Waals surface area contributed by atoms with E-state index < -0.39 is 20.0 Å². The van der Waals surface area contributed by atoms with E-state index >= 15 is 0 Å². The zero-order valence-electron chi connectivity index (χ0n) is 14.0. The van der Waals surface area contributed by atoms with Crippen LogP contribution in [0, 0.1) is 0 Å². The molecule has 0 saturated carbocycles. The van der Waals surface area contributed by atoms with Gasteiger partial charge < -0.3 is 0 Å². The average Bonchev–Trinajstić information content (AvgIpc) is 2.59. The second-order valence-electron chi connectivity index (χ2n) is 5.86. The molecule has 136 valence electrons. The van der Waals surface area contributed by atoms with E-state index in [1.54, 1.807) is 0 Å². The molecule has 0 aliphatic heterocycles. The highest BCUT2D eigenvalue weighted by Crippen LogP contribution is 2.20. The summed E-state index contributed by atoms with van der Waals surface area (Å²) >= 11 is 0. The van der Waals surface area contributed by atoms with Crippen molar-refractivity contribution >= 4 is 36.5 Å². The molecular formula is C18H18N2O4S2. The Bertz CT molecular complexity index is 1130. The van der Waals surface area contributed by atoms with Crippen LogP contribution in [0.25, 0.3) is 10.8 Å². The molecule has 0 amide bonds. The molecule has 0 atom stereocenters. The van der Waals surface area contributed by atoms with Gasteiger partial charge in [-0.1, -0.05) is 42.5 Å². The Hall–Kier alpha value is -2.42. The lowest BCUT2D eigenvalue weighted by atomic mass is 10.1. The van der Waals surface area contributed by atoms with E-state index in [1.165, 1.54) is 24.3 Å². The Labute approximate surface area is 153 Å². The molecule has 0 heterocycles. The number of hydrogen-bond donors (Lipinski definition) is 2. The quantitative estimate of drug-likeness (QED) is 0.677. The van der Waals surface area contributed by atoms with Crippen molar-refractivity contribution in [1.29, 1.82) is 0 Å². The highest BCUT2D eigenvalue weighted by atomic mass is 32.2. The Morgan fingerprint density at radius 2 is 1.46 bits per heavy atom. The van der Waals surface area contributed by atoms with Crippen LogP contribution in [-0.4, -0.2) is 23.1 Å². The molecule has 6 nitrogen and oxygen atoms in total. The van der Waals surface area contributed by atoms with Crippen LogP contribution >= 0.6 is 0 Å². The van der Waals surface area contributed by atoms with Crippen LogP contribution in [0.2, 0.25) is 0 Å². The predicted octanol–water partition coefficient (Wildman–Crippen LogP) is 2.69. The molecule has 8 heteroatoms. The Balaban J connectivity index is 1.78. The van der Waals surface area contributed by atoms with Crippen LogP contribution in [-0.2, 0) is 26.6 Å². The topological polar surface area (TPSA) is 92.3 Å². The minimum atomic E-state index is -3.71. The maximum atomic E-state index is 12.5. The Morgan fingerprint density at radius 1 is 0.808 bits per heavy atom. The second kappa shape index (κ2) is 7.06. The number of sulfonamides is 2. The maximum absolute atomic E-state index is 12.5. The van der Waals surface area contributed by atoms with E-state index in [4.69, 9.17) is 0 Å². The van der Waals surface area contributed by atoms with Crippen LogP contribution in [0.5, 0.6) is 0 Å². The standard InChI is InChI=1S/C18H18N2O4S2/c1-25(21,22)20-16-9-11-17(12-10-16)26(23,24)19-13-15-7-4-6-14-5-2-3-8-18(14)15/h2-12,19-20H,13H2,1H3. The first-order valence-electron chi connectivity index (χ1n) is 7.79. The van der Waals surface area contributed by atoms with Crippen molar-refractivity contribution in [3.05, 3.63) is 72.3 Å². The van der Waals surface area contributed by atoms with Crippen molar-refractivity contribution in [3.63, 3.8) is 0 Å². The minimum Gasteiger partial charge on any atom is -0.284 e. The molecule has 0 radical (unpaired) electrons.